The van der Waals surface area contributed by atoms with Crippen LogP contribution in [-0.4, -0.2) is 18.2 Å². The third-order valence-electron chi connectivity index (χ3n) is 2.89. The third-order valence-corrected chi connectivity index (χ3v) is 2.89. The zero-order valence-corrected chi connectivity index (χ0v) is 10.1. The lowest BCUT2D eigenvalue weighted by Gasteiger charge is -2.16. The molecule has 0 aromatic heterocycles. The number of Topliss-reactive ketones (excluding diaryl/α,β-unsaturated/α-hetero) is 1. The highest BCUT2D eigenvalue weighted by molar-refractivity contribution is 6.52. The molecule has 0 saturated heterocycles. The molecule has 1 aliphatic heterocycles. The van der Waals surface area contributed by atoms with E-state index in [-0.39, 0.29) is 0 Å². The average molecular weight is 229 g/mol. The van der Waals surface area contributed by atoms with Crippen LogP contribution in [0.2, 0.25) is 0 Å². The molecule has 1 heterocycles. The second kappa shape index (κ2) is 4.17. The van der Waals surface area contributed by atoms with E-state index in [1.807, 2.05) is 26.0 Å². The lowest BCUT2D eigenvalue weighted by atomic mass is 10.1. The number of aryl methyl sites for hydroxylation is 1. The van der Waals surface area contributed by atoms with E-state index in [1.165, 1.54) is 0 Å². The van der Waals surface area contributed by atoms with E-state index < -0.39 is 11.7 Å². The second-order valence-corrected chi connectivity index (χ2v) is 4.51. The molecule has 1 aromatic rings. The fourth-order valence-electron chi connectivity index (χ4n) is 1.94. The summed E-state index contributed by atoms with van der Waals surface area (Å²) in [6.07, 6.45) is 0.715. The van der Waals surface area contributed by atoms with Gasteiger partial charge in [-0.2, -0.15) is 0 Å². The summed E-state index contributed by atoms with van der Waals surface area (Å²) in [5, 5.41) is 0. The Kier molecular flexibility index (Phi) is 2.84. The Bertz CT molecular complexity index is 517. The van der Waals surface area contributed by atoms with Crippen LogP contribution in [0, 0.1) is 6.92 Å². The van der Waals surface area contributed by atoms with E-state index in [4.69, 9.17) is 0 Å². The Labute approximate surface area is 101 Å². The highest BCUT2D eigenvalue weighted by atomic mass is 16.2. The Balaban J connectivity index is 2.34. The number of rotatable bonds is 3. The van der Waals surface area contributed by atoms with Crippen LogP contribution in [0.1, 0.15) is 29.3 Å². The van der Waals surface area contributed by atoms with Crippen LogP contribution < -0.4 is 4.90 Å². The largest absolute Gasteiger partial charge is 0.304 e. The molecule has 1 aromatic carbocycles. The predicted molar refractivity (Wildman–Crippen MR) is 67.3 cm³/mol. The molecule has 88 valence electrons. The smallest absolute Gasteiger partial charge is 0.299 e. The van der Waals surface area contributed by atoms with E-state index in [1.54, 1.807) is 11.0 Å². The number of fused-ring (bicyclic) bond motifs is 1. The molecule has 0 N–H and O–H groups in total. The Morgan fingerprint density at radius 2 is 2.06 bits per heavy atom. The molecule has 0 atom stereocenters. The van der Waals surface area contributed by atoms with Crippen LogP contribution in [0.15, 0.2) is 30.4 Å². The molecular formula is C14H15NO2. The van der Waals surface area contributed by atoms with Gasteiger partial charge in [-0.15, -0.1) is 6.58 Å². The van der Waals surface area contributed by atoms with Crippen molar-refractivity contribution in [2.45, 2.75) is 20.3 Å². The topological polar surface area (TPSA) is 37.4 Å². The van der Waals surface area contributed by atoms with Gasteiger partial charge in [-0.05, 0) is 32.4 Å². The monoisotopic (exact) mass is 229 g/mol. The highest BCUT2D eigenvalue weighted by Crippen LogP contribution is 2.29. The zero-order valence-electron chi connectivity index (χ0n) is 10.1. The molecule has 0 spiro atoms. The van der Waals surface area contributed by atoms with Gasteiger partial charge in [0, 0.05) is 6.54 Å². The van der Waals surface area contributed by atoms with Gasteiger partial charge < -0.3 is 4.90 Å². The maximum Gasteiger partial charge on any atom is 0.299 e. The van der Waals surface area contributed by atoms with E-state index in [2.05, 4.69) is 6.58 Å². The standard InChI is InChI=1S/C14H15NO2/c1-9(2)6-7-15-12-5-4-10(3)8-11(12)13(16)14(15)17/h4-5,8H,1,6-7H2,2-3H3. The van der Waals surface area contributed by atoms with Crippen molar-refractivity contribution in [1.29, 1.82) is 0 Å². The van der Waals surface area contributed by atoms with E-state index in [0.717, 1.165) is 16.8 Å². The number of hydrogen-bond acceptors (Lipinski definition) is 2. The summed E-state index contributed by atoms with van der Waals surface area (Å²) in [5.74, 6) is -0.822. The molecule has 0 saturated carbocycles. The summed E-state index contributed by atoms with van der Waals surface area (Å²) in [6, 6.07) is 5.53. The number of nitrogens with zero attached hydrogens (tertiary/aromatic N) is 1. The first-order valence-corrected chi connectivity index (χ1v) is 5.62. The van der Waals surface area contributed by atoms with Crippen molar-refractivity contribution >= 4 is 17.4 Å². The van der Waals surface area contributed by atoms with Gasteiger partial charge in [-0.3, -0.25) is 9.59 Å². The molecule has 0 radical (unpaired) electrons. The van der Waals surface area contributed by atoms with Gasteiger partial charge in [0.1, 0.15) is 0 Å². The lowest BCUT2D eigenvalue weighted by molar-refractivity contribution is -0.114. The van der Waals surface area contributed by atoms with Crippen molar-refractivity contribution < 1.29 is 9.59 Å². The van der Waals surface area contributed by atoms with Crippen LogP contribution in [0.4, 0.5) is 5.69 Å². The van der Waals surface area contributed by atoms with Gasteiger partial charge >= 0.3 is 0 Å². The predicted octanol–water partition coefficient (Wildman–Crippen LogP) is 2.49. The summed E-state index contributed by atoms with van der Waals surface area (Å²) in [7, 11) is 0. The van der Waals surface area contributed by atoms with Gasteiger partial charge in [0.2, 0.25) is 0 Å². The maximum absolute atomic E-state index is 11.8. The molecule has 1 aliphatic rings. The molecular weight excluding hydrogens is 214 g/mol. The minimum atomic E-state index is -0.424. The van der Waals surface area contributed by atoms with Crippen molar-refractivity contribution in [3.8, 4) is 0 Å². The first-order chi connectivity index (χ1) is 8.00. The summed E-state index contributed by atoms with van der Waals surface area (Å²) in [4.78, 5) is 25.2. The second-order valence-electron chi connectivity index (χ2n) is 4.51. The molecule has 3 nitrogen and oxygen atoms in total. The van der Waals surface area contributed by atoms with Crippen LogP contribution in [0.25, 0.3) is 0 Å². The fraction of sp³-hybridized carbons (Fsp3) is 0.286. The third kappa shape index (κ3) is 2.00. The number of carbonyl (C=O) groups excluding carboxylic acids is 2. The molecule has 0 fully saturated rings. The highest BCUT2D eigenvalue weighted by Gasteiger charge is 2.35. The maximum atomic E-state index is 11.8. The minimum Gasteiger partial charge on any atom is -0.304 e. The molecule has 17 heavy (non-hydrogen) atoms. The Hall–Kier alpha value is -1.90. The molecule has 0 unspecified atom stereocenters. The normalized spacial score (nSPS) is 14.1. The van der Waals surface area contributed by atoms with Crippen LogP contribution in [-0.2, 0) is 4.79 Å². The molecule has 2 rings (SSSR count). The molecule has 3 heteroatoms. The number of amides is 1. The summed E-state index contributed by atoms with van der Waals surface area (Å²) in [6.45, 7) is 8.16. The van der Waals surface area contributed by atoms with Crippen LogP contribution in [0.5, 0.6) is 0 Å². The molecule has 0 bridgehead atoms. The van der Waals surface area contributed by atoms with Crippen molar-refractivity contribution in [2.75, 3.05) is 11.4 Å². The quantitative estimate of drug-likeness (QED) is 0.590. The minimum absolute atomic E-state index is 0.398. The van der Waals surface area contributed by atoms with E-state index in [9.17, 15) is 9.59 Å². The first kappa shape index (κ1) is 11.6. The van der Waals surface area contributed by atoms with E-state index >= 15 is 0 Å². The summed E-state index contributed by atoms with van der Waals surface area (Å²) in [5.41, 5.74) is 3.25. The SMILES string of the molecule is C=C(C)CCN1C(=O)C(=O)c2cc(C)ccc21. The number of anilines is 1. The number of benzene rings is 1. The molecule has 1 amide bonds. The van der Waals surface area contributed by atoms with Gasteiger partial charge in [0.15, 0.2) is 0 Å². The van der Waals surface area contributed by atoms with Gasteiger partial charge in [0.05, 0.1) is 11.3 Å². The Morgan fingerprint density at radius 1 is 1.35 bits per heavy atom. The fourth-order valence-corrected chi connectivity index (χ4v) is 1.94. The molecule has 0 aliphatic carbocycles. The number of carbonyl (C=O) groups is 2. The van der Waals surface area contributed by atoms with Crippen molar-refractivity contribution in [3.05, 3.63) is 41.5 Å². The number of hydrogen-bond donors (Lipinski definition) is 0. The zero-order chi connectivity index (χ0) is 12.6. The Morgan fingerprint density at radius 3 is 2.71 bits per heavy atom. The van der Waals surface area contributed by atoms with Crippen molar-refractivity contribution in [3.63, 3.8) is 0 Å². The van der Waals surface area contributed by atoms with Crippen LogP contribution in [0.3, 0.4) is 0 Å². The van der Waals surface area contributed by atoms with E-state index in [0.29, 0.717) is 18.5 Å². The van der Waals surface area contributed by atoms with Crippen LogP contribution >= 0.6 is 0 Å². The van der Waals surface area contributed by atoms with Gasteiger partial charge in [-0.25, -0.2) is 0 Å². The van der Waals surface area contributed by atoms with Crippen molar-refractivity contribution in [1.82, 2.24) is 0 Å². The summed E-state index contributed by atoms with van der Waals surface area (Å²) >= 11 is 0. The lowest BCUT2D eigenvalue weighted by Crippen LogP contribution is -2.30. The van der Waals surface area contributed by atoms with Gasteiger partial charge in [0.25, 0.3) is 11.7 Å². The first-order valence-electron chi connectivity index (χ1n) is 5.62. The number of ketones is 1. The summed E-state index contributed by atoms with van der Waals surface area (Å²) < 4.78 is 0. The van der Waals surface area contributed by atoms with Crippen molar-refractivity contribution in [2.24, 2.45) is 0 Å². The average Bonchev–Trinajstić information content (AvgIpc) is 2.50. The van der Waals surface area contributed by atoms with Gasteiger partial charge in [-0.1, -0.05) is 17.2 Å².